The molecule has 3 heterocycles. The third-order valence-electron chi connectivity index (χ3n) is 6.54. The molecule has 168 valence electrons. The number of piperidine rings is 1. The van der Waals surface area contributed by atoms with E-state index in [1.165, 1.54) is 6.07 Å². The Bertz CT molecular complexity index is 1080. The maximum Gasteiger partial charge on any atom is 0.223 e. The number of carbonyl (C=O) groups is 1. The summed E-state index contributed by atoms with van der Waals surface area (Å²) in [5, 5.41) is 3.08. The van der Waals surface area contributed by atoms with Crippen LogP contribution in [0.15, 0.2) is 48.5 Å². The number of para-hydroxylation sites is 2. The summed E-state index contributed by atoms with van der Waals surface area (Å²) in [7, 11) is 0. The van der Waals surface area contributed by atoms with Gasteiger partial charge in [0.05, 0.1) is 23.7 Å². The van der Waals surface area contributed by atoms with Gasteiger partial charge in [0.2, 0.25) is 11.9 Å². The fourth-order valence-corrected chi connectivity index (χ4v) is 4.78. The van der Waals surface area contributed by atoms with Crippen molar-refractivity contribution in [3.05, 3.63) is 59.9 Å². The number of fused-ring (bicyclic) bond motifs is 1. The van der Waals surface area contributed by atoms with E-state index in [4.69, 9.17) is 9.72 Å². The van der Waals surface area contributed by atoms with Crippen LogP contribution in [0.3, 0.4) is 0 Å². The molecule has 2 saturated heterocycles. The number of nitrogens with one attached hydrogen (secondary N) is 1. The summed E-state index contributed by atoms with van der Waals surface area (Å²) in [4.78, 5) is 19.8. The van der Waals surface area contributed by atoms with Crippen molar-refractivity contribution in [2.45, 2.75) is 38.3 Å². The van der Waals surface area contributed by atoms with E-state index in [1.807, 2.05) is 24.3 Å². The van der Waals surface area contributed by atoms with E-state index in [2.05, 4.69) is 20.9 Å². The molecule has 1 atom stereocenters. The predicted molar refractivity (Wildman–Crippen MR) is 122 cm³/mol. The Morgan fingerprint density at radius 2 is 1.97 bits per heavy atom. The number of hydrogen-bond acceptors (Lipinski definition) is 4. The third-order valence-corrected chi connectivity index (χ3v) is 6.54. The first kappa shape index (κ1) is 20.9. The van der Waals surface area contributed by atoms with Gasteiger partial charge in [-0.05, 0) is 55.5 Å². The maximum absolute atomic E-state index is 13.8. The number of halogens is 1. The van der Waals surface area contributed by atoms with Crippen molar-refractivity contribution in [1.82, 2.24) is 14.9 Å². The molecule has 2 aromatic carbocycles. The Morgan fingerprint density at radius 3 is 2.75 bits per heavy atom. The van der Waals surface area contributed by atoms with Crippen LogP contribution in [0.4, 0.5) is 10.3 Å². The van der Waals surface area contributed by atoms with Crippen molar-refractivity contribution in [3.8, 4) is 0 Å². The monoisotopic (exact) mass is 436 g/mol. The van der Waals surface area contributed by atoms with Crippen LogP contribution >= 0.6 is 0 Å². The normalized spacial score (nSPS) is 19.5. The van der Waals surface area contributed by atoms with Crippen molar-refractivity contribution >= 4 is 22.9 Å². The van der Waals surface area contributed by atoms with E-state index in [0.717, 1.165) is 67.9 Å². The molecule has 2 aliphatic heterocycles. The molecule has 6 nitrogen and oxygen atoms in total. The molecule has 1 amide bonds. The molecule has 0 aliphatic carbocycles. The lowest BCUT2D eigenvalue weighted by Crippen LogP contribution is -2.43. The van der Waals surface area contributed by atoms with Crippen LogP contribution in [0, 0.1) is 11.7 Å². The maximum atomic E-state index is 13.8. The second-order valence-corrected chi connectivity index (χ2v) is 8.76. The van der Waals surface area contributed by atoms with E-state index < -0.39 is 0 Å². The van der Waals surface area contributed by atoms with E-state index in [-0.39, 0.29) is 23.7 Å². The minimum Gasteiger partial charge on any atom is -0.376 e. The molecular formula is C25H29FN4O2. The number of benzene rings is 2. The van der Waals surface area contributed by atoms with E-state index >= 15 is 0 Å². The van der Waals surface area contributed by atoms with E-state index in [9.17, 15) is 9.18 Å². The van der Waals surface area contributed by atoms with Crippen LogP contribution in [0.2, 0.25) is 0 Å². The Hall–Kier alpha value is -2.93. The molecule has 1 N–H and O–H groups in total. The molecule has 0 spiro atoms. The van der Waals surface area contributed by atoms with Gasteiger partial charge in [0.1, 0.15) is 5.82 Å². The van der Waals surface area contributed by atoms with Gasteiger partial charge in [-0.2, -0.15) is 0 Å². The summed E-state index contributed by atoms with van der Waals surface area (Å²) in [6.07, 6.45) is 3.86. The lowest BCUT2D eigenvalue weighted by atomic mass is 9.96. The molecule has 2 aliphatic rings. The SMILES string of the molecule is O=C(NCC1CCCO1)C1CCN(c2nc3ccccc3n2Cc2cccc(F)c2)CC1. The molecule has 32 heavy (non-hydrogen) atoms. The number of anilines is 1. The summed E-state index contributed by atoms with van der Waals surface area (Å²) in [5.41, 5.74) is 2.86. The van der Waals surface area contributed by atoms with Crippen LogP contribution < -0.4 is 10.2 Å². The van der Waals surface area contributed by atoms with E-state index in [1.54, 1.807) is 12.1 Å². The Morgan fingerprint density at radius 1 is 1.12 bits per heavy atom. The molecule has 2 fully saturated rings. The van der Waals surface area contributed by atoms with E-state index in [0.29, 0.717) is 13.1 Å². The van der Waals surface area contributed by atoms with Crippen LogP contribution in [-0.2, 0) is 16.1 Å². The summed E-state index contributed by atoms with van der Waals surface area (Å²) in [6, 6.07) is 14.8. The lowest BCUT2D eigenvalue weighted by molar-refractivity contribution is -0.126. The molecule has 1 aromatic heterocycles. The third kappa shape index (κ3) is 4.48. The zero-order chi connectivity index (χ0) is 21.9. The van der Waals surface area contributed by atoms with Gasteiger partial charge in [-0.25, -0.2) is 9.37 Å². The Kier molecular flexibility index (Phi) is 6.08. The number of hydrogen-bond donors (Lipinski definition) is 1. The van der Waals surface area contributed by atoms with Gasteiger partial charge in [0.25, 0.3) is 0 Å². The van der Waals surface area contributed by atoms with Gasteiger partial charge in [-0.1, -0.05) is 24.3 Å². The van der Waals surface area contributed by atoms with Gasteiger partial charge in [0.15, 0.2) is 0 Å². The first-order valence-corrected chi connectivity index (χ1v) is 11.5. The molecule has 5 rings (SSSR count). The van der Waals surface area contributed by atoms with Crippen molar-refractivity contribution < 1.29 is 13.9 Å². The second kappa shape index (κ2) is 9.28. The van der Waals surface area contributed by atoms with Crippen LogP contribution in [0.5, 0.6) is 0 Å². The lowest BCUT2D eigenvalue weighted by Gasteiger charge is -2.32. The quantitative estimate of drug-likeness (QED) is 0.640. The zero-order valence-corrected chi connectivity index (χ0v) is 18.2. The van der Waals surface area contributed by atoms with Gasteiger partial charge >= 0.3 is 0 Å². The largest absolute Gasteiger partial charge is 0.376 e. The number of carbonyl (C=O) groups excluding carboxylic acids is 1. The minimum absolute atomic E-state index is 0.0219. The second-order valence-electron chi connectivity index (χ2n) is 8.76. The first-order valence-electron chi connectivity index (χ1n) is 11.5. The van der Waals surface area contributed by atoms with Crippen molar-refractivity contribution in [2.75, 3.05) is 31.1 Å². The number of amides is 1. The number of rotatable bonds is 6. The molecule has 7 heteroatoms. The highest BCUT2D eigenvalue weighted by Crippen LogP contribution is 2.28. The van der Waals surface area contributed by atoms with Crippen molar-refractivity contribution in [1.29, 1.82) is 0 Å². The van der Waals surface area contributed by atoms with Gasteiger partial charge in [-0.3, -0.25) is 4.79 Å². The van der Waals surface area contributed by atoms with Crippen LogP contribution in [0.25, 0.3) is 11.0 Å². The van der Waals surface area contributed by atoms with Crippen molar-refractivity contribution in [3.63, 3.8) is 0 Å². The average molecular weight is 437 g/mol. The highest BCUT2D eigenvalue weighted by Gasteiger charge is 2.28. The summed E-state index contributed by atoms with van der Waals surface area (Å²) < 4.78 is 21.5. The van der Waals surface area contributed by atoms with Gasteiger partial charge < -0.3 is 19.5 Å². The highest BCUT2D eigenvalue weighted by atomic mass is 19.1. The zero-order valence-electron chi connectivity index (χ0n) is 18.2. The van der Waals surface area contributed by atoms with Gasteiger partial charge in [-0.15, -0.1) is 0 Å². The summed E-state index contributed by atoms with van der Waals surface area (Å²) in [5.74, 6) is 0.805. The van der Waals surface area contributed by atoms with Crippen LogP contribution in [-0.4, -0.2) is 47.8 Å². The molecule has 1 unspecified atom stereocenters. The average Bonchev–Trinajstić information content (AvgIpc) is 3.46. The Balaban J connectivity index is 1.29. The number of nitrogens with zero attached hydrogens (tertiary/aromatic N) is 3. The predicted octanol–water partition coefficient (Wildman–Crippen LogP) is 3.74. The fraction of sp³-hybridized carbons (Fsp3) is 0.440. The fourth-order valence-electron chi connectivity index (χ4n) is 4.78. The molecular weight excluding hydrogens is 407 g/mol. The molecule has 0 saturated carbocycles. The first-order chi connectivity index (χ1) is 15.7. The number of aromatic nitrogens is 2. The number of ether oxygens (including phenoxy) is 1. The minimum atomic E-state index is -0.233. The highest BCUT2D eigenvalue weighted by molar-refractivity contribution is 5.80. The van der Waals surface area contributed by atoms with Crippen molar-refractivity contribution in [2.24, 2.45) is 5.92 Å². The van der Waals surface area contributed by atoms with Crippen LogP contribution in [0.1, 0.15) is 31.2 Å². The smallest absolute Gasteiger partial charge is 0.223 e. The summed E-state index contributed by atoms with van der Waals surface area (Å²) >= 11 is 0. The topological polar surface area (TPSA) is 59.4 Å². The molecule has 0 radical (unpaired) electrons. The Labute approximate surface area is 187 Å². The summed E-state index contributed by atoms with van der Waals surface area (Å²) in [6.45, 7) is 3.50. The molecule has 3 aromatic rings. The number of imidazole rings is 1. The standard InChI is InChI=1S/C25H29FN4O2/c26-20-6-3-5-18(15-20)17-30-23-9-2-1-8-22(23)28-25(30)29-12-10-19(11-13-29)24(31)27-16-21-7-4-14-32-21/h1-3,5-6,8-9,15,19,21H,4,7,10-14,16-17H2,(H,27,31). The van der Waals surface area contributed by atoms with Gasteiger partial charge in [0, 0.05) is 32.2 Å². The molecule has 0 bridgehead atoms.